The fourth-order valence-corrected chi connectivity index (χ4v) is 5.98. The molecule has 1 saturated carbocycles. The lowest BCUT2D eigenvalue weighted by Gasteiger charge is -2.60. The molecular weight excluding hydrogens is 448 g/mol. The van der Waals surface area contributed by atoms with Gasteiger partial charge in [-0.05, 0) is 55.7 Å². The highest BCUT2D eigenvalue weighted by Gasteiger charge is 2.53. The van der Waals surface area contributed by atoms with E-state index in [1.165, 1.54) is 18.4 Å². The highest BCUT2D eigenvalue weighted by Crippen LogP contribution is 2.44. The molecule has 2 aromatic heterocycles. The number of hydrogen-bond acceptors (Lipinski definition) is 7. The largest absolute Gasteiger partial charge is 0.355 e. The first-order valence-electron chi connectivity index (χ1n) is 11.9. The average Bonchev–Trinajstić information content (AvgIpc) is 3.55. The van der Waals surface area contributed by atoms with Crippen LogP contribution < -0.4 is 9.80 Å². The van der Waals surface area contributed by atoms with E-state index < -0.39 is 0 Å². The summed E-state index contributed by atoms with van der Waals surface area (Å²) in [6, 6.07) is 12.8. The standard InChI is InChI=1S/C25H25ClN8/c1-16-17(9-27)2-7-22(28-16)32-12-25(13-32)14-33(15-25)24-30-29-23-11-31(20-4-5-20)10-18-8-19(26)3-6-21(18)34(23)24/h2-3,6-8,20H,4-5,10-15H2,1H3. The van der Waals surface area contributed by atoms with Crippen LogP contribution in [0.1, 0.15) is 35.5 Å². The fraction of sp³-hybridized carbons (Fsp3) is 0.440. The number of nitriles is 1. The molecule has 34 heavy (non-hydrogen) atoms. The molecule has 9 heteroatoms. The number of fused-ring (bicyclic) bond motifs is 3. The number of pyridine rings is 1. The summed E-state index contributed by atoms with van der Waals surface area (Å²) in [7, 11) is 0. The molecule has 7 rings (SSSR count). The van der Waals surface area contributed by atoms with Crippen molar-refractivity contribution in [2.24, 2.45) is 5.41 Å². The molecule has 0 unspecified atom stereocenters. The van der Waals surface area contributed by atoms with Gasteiger partial charge in [-0.3, -0.25) is 9.47 Å². The van der Waals surface area contributed by atoms with Crippen molar-refractivity contribution in [3.8, 4) is 11.8 Å². The number of aromatic nitrogens is 4. The van der Waals surface area contributed by atoms with Crippen molar-refractivity contribution in [3.63, 3.8) is 0 Å². The van der Waals surface area contributed by atoms with Gasteiger partial charge in [0.05, 0.1) is 23.5 Å². The lowest BCUT2D eigenvalue weighted by molar-refractivity contribution is 0.153. The first-order chi connectivity index (χ1) is 16.5. The number of anilines is 2. The van der Waals surface area contributed by atoms with Gasteiger partial charge in [-0.2, -0.15) is 5.26 Å². The number of halogens is 1. The lowest BCUT2D eigenvalue weighted by Crippen LogP contribution is -2.73. The molecule has 5 heterocycles. The van der Waals surface area contributed by atoms with Gasteiger partial charge in [0, 0.05) is 49.2 Å². The van der Waals surface area contributed by atoms with Crippen molar-refractivity contribution in [2.45, 2.75) is 38.9 Å². The second kappa shape index (κ2) is 7.17. The Morgan fingerprint density at radius 3 is 2.56 bits per heavy atom. The van der Waals surface area contributed by atoms with Crippen molar-refractivity contribution in [1.82, 2.24) is 24.6 Å². The minimum Gasteiger partial charge on any atom is -0.355 e. The zero-order chi connectivity index (χ0) is 23.0. The van der Waals surface area contributed by atoms with E-state index in [0.717, 1.165) is 73.3 Å². The summed E-state index contributed by atoms with van der Waals surface area (Å²) in [5, 5.41) is 19.2. The Kier molecular flexibility index (Phi) is 4.27. The summed E-state index contributed by atoms with van der Waals surface area (Å²) in [6.07, 6.45) is 2.52. The van der Waals surface area contributed by atoms with Gasteiger partial charge in [0.15, 0.2) is 5.82 Å². The Morgan fingerprint density at radius 2 is 1.82 bits per heavy atom. The second-order valence-corrected chi connectivity index (χ2v) is 10.7. The molecule has 0 radical (unpaired) electrons. The number of nitrogens with zero attached hydrogens (tertiary/aromatic N) is 8. The molecule has 172 valence electrons. The third kappa shape index (κ3) is 3.11. The molecular formula is C25H25ClN8. The van der Waals surface area contributed by atoms with Gasteiger partial charge in [-0.1, -0.05) is 11.6 Å². The van der Waals surface area contributed by atoms with E-state index >= 15 is 0 Å². The maximum Gasteiger partial charge on any atom is 0.231 e. The highest BCUT2D eigenvalue weighted by molar-refractivity contribution is 6.30. The van der Waals surface area contributed by atoms with Gasteiger partial charge in [0.25, 0.3) is 0 Å². The van der Waals surface area contributed by atoms with E-state index in [0.29, 0.717) is 11.6 Å². The molecule has 0 N–H and O–H groups in total. The van der Waals surface area contributed by atoms with Crippen LogP contribution in [0.25, 0.3) is 5.69 Å². The van der Waals surface area contributed by atoms with Crippen molar-refractivity contribution < 1.29 is 0 Å². The van der Waals surface area contributed by atoms with Crippen LogP contribution in [0.5, 0.6) is 0 Å². The molecule has 3 aromatic rings. The van der Waals surface area contributed by atoms with E-state index in [1.54, 1.807) is 0 Å². The predicted octanol–water partition coefficient (Wildman–Crippen LogP) is 3.30. The fourth-order valence-electron chi connectivity index (χ4n) is 5.79. The van der Waals surface area contributed by atoms with Gasteiger partial charge in [0.1, 0.15) is 11.9 Å². The number of aryl methyl sites for hydroxylation is 1. The molecule has 4 aliphatic rings. The molecule has 1 spiro atoms. The minimum atomic E-state index is 0.267. The normalized spacial score (nSPS) is 20.7. The molecule has 0 bridgehead atoms. The molecule has 8 nitrogen and oxygen atoms in total. The Bertz CT molecular complexity index is 1340. The Labute approximate surface area is 203 Å². The van der Waals surface area contributed by atoms with Gasteiger partial charge in [0.2, 0.25) is 5.95 Å². The van der Waals surface area contributed by atoms with Crippen LogP contribution in [0.4, 0.5) is 11.8 Å². The van der Waals surface area contributed by atoms with Crippen LogP contribution in [0.15, 0.2) is 30.3 Å². The monoisotopic (exact) mass is 472 g/mol. The molecule has 0 atom stereocenters. The van der Waals surface area contributed by atoms with E-state index in [1.807, 2.05) is 25.1 Å². The molecule has 1 aliphatic carbocycles. The van der Waals surface area contributed by atoms with Crippen molar-refractivity contribution in [1.29, 1.82) is 5.26 Å². The minimum absolute atomic E-state index is 0.267. The van der Waals surface area contributed by atoms with E-state index in [-0.39, 0.29) is 5.41 Å². The van der Waals surface area contributed by atoms with Crippen molar-refractivity contribution in [3.05, 3.63) is 58.0 Å². The van der Waals surface area contributed by atoms with E-state index in [9.17, 15) is 0 Å². The van der Waals surface area contributed by atoms with Gasteiger partial charge in [-0.25, -0.2) is 4.98 Å². The number of hydrogen-bond donors (Lipinski definition) is 0. The summed E-state index contributed by atoms with van der Waals surface area (Å²) >= 11 is 6.37. The summed E-state index contributed by atoms with van der Waals surface area (Å²) in [5.41, 5.74) is 4.09. The molecule has 2 saturated heterocycles. The first-order valence-corrected chi connectivity index (χ1v) is 12.2. The maximum absolute atomic E-state index is 9.16. The zero-order valence-electron chi connectivity index (χ0n) is 19.1. The Morgan fingerprint density at radius 1 is 1.03 bits per heavy atom. The SMILES string of the molecule is Cc1nc(N2CC3(C2)CN(c2nnc4n2-c2ccc(Cl)cc2CN(C2CC2)C4)C3)ccc1C#N. The smallest absolute Gasteiger partial charge is 0.231 e. The predicted molar refractivity (Wildman–Crippen MR) is 129 cm³/mol. The van der Waals surface area contributed by atoms with E-state index in [4.69, 9.17) is 16.9 Å². The van der Waals surface area contributed by atoms with Gasteiger partial charge < -0.3 is 9.80 Å². The third-order valence-electron chi connectivity index (χ3n) is 7.68. The summed E-state index contributed by atoms with van der Waals surface area (Å²) in [5.74, 6) is 2.91. The second-order valence-electron chi connectivity index (χ2n) is 10.3. The van der Waals surface area contributed by atoms with Crippen molar-refractivity contribution >= 4 is 23.4 Å². The first kappa shape index (κ1) is 20.2. The van der Waals surface area contributed by atoms with Crippen LogP contribution in [0.3, 0.4) is 0 Å². The lowest BCUT2D eigenvalue weighted by atomic mass is 9.73. The molecule has 0 amide bonds. The van der Waals surface area contributed by atoms with Crippen LogP contribution in [0, 0.1) is 23.7 Å². The average molecular weight is 473 g/mol. The number of rotatable bonds is 3. The molecule has 1 aromatic carbocycles. The molecule has 3 aliphatic heterocycles. The summed E-state index contributed by atoms with van der Waals surface area (Å²) in [6.45, 7) is 7.50. The van der Waals surface area contributed by atoms with Crippen LogP contribution in [-0.2, 0) is 13.1 Å². The van der Waals surface area contributed by atoms with Gasteiger partial charge in [-0.15, -0.1) is 10.2 Å². The summed E-state index contributed by atoms with van der Waals surface area (Å²) in [4.78, 5) is 11.8. The van der Waals surface area contributed by atoms with Crippen LogP contribution in [-0.4, -0.2) is 56.9 Å². The highest BCUT2D eigenvalue weighted by atomic mass is 35.5. The quantitative estimate of drug-likeness (QED) is 0.578. The van der Waals surface area contributed by atoms with Crippen LogP contribution >= 0.6 is 11.6 Å². The van der Waals surface area contributed by atoms with Gasteiger partial charge >= 0.3 is 0 Å². The summed E-state index contributed by atoms with van der Waals surface area (Å²) < 4.78 is 2.25. The zero-order valence-corrected chi connectivity index (χ0v) is 19.8. The van der Waals surface area contributed by atoms with Crippen molar-refractivity contribution in [2.75, 3.05) is 36.0 Å². The third-order valence-corrected chi connectivity index (χ3v) is 7.92. The molecule has 3 fully saturated rings. The van der Waals surface area contributed by atoms with E-state index in [2.05, 4.69) is 52.7 Å². The van der Waals surface area contributed by atoms with Crippen LogP contribution in [0.2, 0.25) is 5.02 Å². The Balaban J connectivity index is 1.12. The topological polar surface area (TPSA) is 77.1 Å². The maximum atomic E-state index is 9.16. The number of benzene rings is 1. The Hall–Kier alpha value is -3.15.